The maximum Gasteiger partial charge on any atom is 0.264 e. The van der Waals surface area contributed by atoms with E-state index in [-0.39, 0.29) is 5.91 Å². The monoisotopic (exact) mass is 329 g/mol. The number of aryl methyl sites for hydroxylation is 1. The van der Waals surface area contributed by atoms with Crippen molar-refractivity contribution in [1.82, 2.24) is 4.90 Å². The van der Waals surface area contributed by atoms with Gasteiger partial charge >= 0.3 is 0 Å². The van der Waals surface area contributed by atoms with Crippen LogP contribution >= 0.6 is 38.6 Å². The zero-order valence-corrected chi connectivity index (χ0v) is 12.8. The zero-order valence-electron chi connectivity index (χ0n) is 9.57. The molecule has 0 saturated heterocycles. The third-order valence-corrected chi connectivity index (χ3v) is 5.10. The highest BCUT2D eigenvalue weighted by Crippen LogP contribution is 2.23. The van der Waals surface area contributed by atoms with E-state index in [1.165, 1.54) is 16.2 Å². The summed E-state index contributed by atoms with van der Waals surface area (Å²) in [5, 5.41) is 3.99. The predicted molar refractivity (Wildman–Crippen MR) is 76.9 cm³/mol. The fraction of sp³-hybridized carbons (Fsp3) is 0.250. The van der Waals surface area contributed by atoms with E-state index in [2.05, 4.69) is 22.0 Å². The van der Waals surface area contributed by atoms with Gasteiger partial charge in [-0.05, 0) is 45.9 Å². The normalized spacial score (nSPS) is 10.5. The van der Waals surface area contributed by atoms with Gasteiger partial charge in [0, 0.05) is 21.8 Å². The Kier molecular flexibility index (Phi) is 4.01. The number of amides is 1. The molecule has 0 saturated carbocycles. The van der Waals surface area contributed by atoms with Crippen molar-refractivity contribution in [1.29, 1.82) is 0 Å². The van der Waals surface area contributed by atoms with Crippen molar-refractivity contribution in [2.45, 2.75) is 13.5 Å². The molecule has 2 aromatic heterocycles. The van der Waals surface area contributed by atoms with Gasteiger partial charge < -0.3 is 4.90 Å². The molecule has 0 radical (unpaired) electrons. The molecule has 2 aromatic rings. The van der Waals surface area contributed by atoms with Crippen molar-refractivity contribution in [3.05, 3.63) is 42.7 Å². The quantitative estimate of drug-likeness (QED) is 0.828. The van der Waals surface area contributed by atoms with E-state index in [1.807, 2.05) is 30.8 Å². The molecular formula is C12H12BrNOS2. The number of carbonyl (C=O) groups is 1. The van der Waals surface area contributed by atoms with Crippen LogP contribution in [0.1, 0.15) is 20.1 Å². The van der Waals surface area contributed by atoms with Gasteiger partial charge in [-0.25, -0.2) is 0 Å². The third-order valence-electron chi connectivity index (χ3n) is 2.42. The number of rotatable bonds is 3. The highest BCUT2D eigenvalue weighted by molar-refractivity contribution is 9.10. The van der Waals surface area contributed by atoms with Crippen molar-refractivity contribution < 1.29 is 4.79 Å². The van der Waals surface area contributed by atoms with E-state index in [9.17, 15) is 4.79 Å². The molecule has 0 N–H and O–H groups in total. The van der Waals surface area contributed by atoms with Gasteiger partial charge in [0.1, 0.15) is 0 Å². The molecule has 0 fully saturated rings. The molecule has 2 nitrogen and oxygen atoms in total. The summed E-state index contributed by atoms with van der Waals surface area (Å²) in [6.07, 6.45) is 0. The van der Waals surface area contributed by atoms with Crippen LogP contribution in [0.25, 0.3) is 0 Å². The first-order valence-electron chi connectivity index (χ1n) is 5.10. The average molecular weight is 330 g/mol. The molecule has 5 heteroatoms. The van der Waals surface area contributed by atoms with E-state index in [0.717, 1.165) is 14.9 Å². The third kappa shape index (κ3) is 2.97. The lowest BCUT2D eigenvalue weighted by Crippen LogP contribution is -2.25. The van der Waals surface area contributed by atoms with Gasteiger partial charge in [-0.2, -0.15) is 0 Å². The molecule has 0 aromatic carbocycles. The summed E-state index contributed by atoms with van der Waals surface area (Å²) in [4.78, 5) is 15.9. The number of hydrogen-bond acceptors (Lipinski definition) is 3. The molecule has 0 aliphatic heterocycles. The van der Waals surface area contributed by atoms with E-state index in [1.54, 1.807) is 16.2 Å². The number of nitrogens with zero attached hydrogens (tertiary/aromatic N) is 1. The molecule has 17 heavy (non-hydrogen) atoms. The molecule has 0 unspecified atom stereocenters. The number of halogens is 1. The summed E-state index contributed by atoms with van der Waals surface area (Å²) in [6.45, 7) is 2.63. The Morgan fingerprint density at radius 2 is 2.24 bits per heavy atom. The second-order valence-electron chi connectivity index (χ2n) is 3.83. The first-order valence-corrected chi connectivity index (χ1v) is 7.65. The lowest BCUT2D eigenvalue weighted by Gasteiger charge is -2.15. The minimum atomic E-state index is 0.0991. The van der Waals surface area contributed by atoms with Crippen molar-refractivity contribution in [2.75, 3.05) is 7.05 Å². The van der Waals surface area contributed by atoms with Gasteiger partial charge in [0.25, 0.3) is 5.91 Å². The van der Waals surface area contributed by atoms with Crippen LogP contribution in [0.2, 0.25) is 0 Å². The van der Waals surface area contributed by atoms with Gasteiger partial charge in [0.05, 0.1) is 11.4 Å². The maximum absolute atomic E-state index is 12.2. The Labute approximate surface area is 117 Å². The fourth-order valence-corrected chi connectivity index (χ4v) is 3.93. The zero-order chi connectivity index (χ0) is 12.4. The highest BCUT2D eigenvalue weighted by atomic mass is 79.9. The first-order chi connectivity index (χ1) is 8.08. The first kappa shape index (κ1) is 12.8. The number of hydrogen-bond donors (Lipinski definition) is 0. The summed E-state index contributed by atoms with van der Waals surface area (Å²) in [5.41, 5.74) is 1.05. The van der Waals surface area contributed by atoms with E-state index >= 15 is 0 Å². The fourth-order valence-electron chi connectivity index (χ4n) is 1.51. The molecule has 0 aliphatic carbocycles. The van der Waals surface area contributed by atoms with E-state index in [0.29, 0.717) is 6.54 Å². The van der Waals surface area contributed by atoms with Crippen LogP contribution in [0.15, 0.2) is 27.4 Å². The van der Waals surface area contributed by atoms with Crippen molar-refractivity contribution in [3.63, 3.8) is 0 Å². The Morgan fingerprint density at radius 1 is 1.47 bits per heavy atom. The largest absolute Gasteiger partial charge is 0.336 e. The molecule has 2 heterocycles. The predicted octanol–water partition coefficient (Wildman–Crippen LogP) is 4.15. The van der Waals surface area contributed by atoms with Gasteiger partial charge in [-0.3, -0.25) is 4.79 Å². The van der Waals surface area contributed by atoms with E-state index < -0.39 is 0 Å². The molecule has 1 amide bonds. The smallest absolute Gasteiger partial charge is 0.264 e. The van der Waals surface area contributed by atoms with Crippen LogP contribution < -0.4 is 0 Å². The Balaban J connectivity index is 2.08. The minimum Gasteiger partial charge on any atom is -0.336 e. The molecular weight excluding hydrogens is 318 g/mol. The summed E-state index contributed by atoms with van der Waals surface area (Å²) in [7, 11) is 1.84. The Morgan fingerprint density at radius 3 is 2.76 bits per heavy atom. The van der Waals surface area contributed by atoms with Gasteiger partial charge in [-0.1, -0.05) is 0 Å². The second-order valence-corrected chi connectivity index (χ2v) is 6.65. The summed E-state index contributed by atoms with van der Waals surface area (Å²) in [5.74, 6) is 0.0991. The van der Waals surface area contributed by atoms with Crippen LogP contribution in [0, 0.1) is 6.92 Å². The van der Waals surface area contributed by atoms with Crippen LogP contribution in [0.3, 0.4) is 0 Å². The second kappa shape index (κ2) is 5.33. The standard InChI is InChI=1S/C12H12BrNOS2/c1-8-3-4-16-11(8)12(15)14(2)6-10-5-9(13)7-17-10/h3-5,7H,6H2,1-2H3. The van der Waals surface area contributed by atoms with Gasteiger partial charge in [-0.15, -0.1) is 22.7 Å². The average Bonchev–Trinajstić information content (AvgIpc) is 2.86. The highest BCUT2D eigenvalue weighted by Gasteiger charge is 2.16. The lowest BCUT2D eigenvalue weighted by molar-refractivity contribution is 0.0790. The molecule has 0 atom stereocenters. The maximum atomic E-state index is 12.2. The molecule has 0 bridgehead atoms. The van der Waals surface area contributed by atoms with Gasteiger partial charge in [0.15, 0.2) is 0 Å². The SMILES string of the molecule is Cc1ccsc1C(=O)N(C)Cc1cc(Br)cs1. The van der Waals surface area contributed by atoms with E-state index in [4.69, 9.17) is 0 Å². The van der Waals surface area contributed by atoms with Crippen LogP contribution in [-0.4, -0.2) is 17.9 Å². The Bertz CT molecular complexity index is 532. The van der Waals surface area contributed by atoms with Crippen LogP contribution in [0.5, 0.6) is 0 Å². The van der Waals surface area contributed by atoms with Crippen molar-refractivity contribution in [2.24, 2.45) is 0 Å². The molecule has 2 rings (SSSR count). The molecule has 90 valence electrons. The Hall–Kier alpha value is -0.650. The number of carbonyl (C=O) groups excluding carboxylic acids is 1. The van der Waals surface area contributed by atoms with Gasteiger partial charge in [0.2, 0.25) is 0 Å². The minimum absolute atomic E-state index is 0.0991. The molecule has 0 aliphatic rings. The lowest BCUT2D eigenvalue weighted by atomic mass is 10.2. The topological polar surface area (TPSA) is 20.3 Å². The van der Waals surface area contributed by atoms with Crippen LogP contribution in [0.4, 0.5) is 0 Å². The summed E-state index contributed by atoms with van der Waals surface area (Å²) >= 11 is 6.58. The van der Waals surface area contributed by atoms with Crippen molar-refractivity contribution >= 4 is 44.5 Å². The van der Waals surface area contributed by atoms with Crippen LogP contribution in [-0.2, 0) is 6.54 Å². The summed E-state index contributed by atoms with van der Waals surface area (Å²) < 4.78 is 1.07. The summed E-state index contributed by atoms with van der Waals surface area (Å²) in [6, 6.07) is 4.03. The van der Waals surface area contributed by atoms with Crippen molar-refractivity contribution in [3.8, 4) is 0 Å². The molecule has 0 spiro atoms. The number of thiophene rings is 2.